The first-order valence-electron chi connectivity index (χ1n) is 3.97. The third kappa shape index (κ3) is 2.79. The summed E-state index contributed by atoms with van der Waals surface area (Å²) in [5, 5.41) is 9.43. The highest BCUT2D eigenvalue weighted by Crippen LogP contribution is 2.17. The number of aliphatic hydroxyl groups is 1. The molecule has 0 saturated carbocycles. The molecule has 0 heterocycles. The van der Waals surface area contributed by atoms with Crippen molar-refractivity contribution in [2.24, 2.45) is 5.73 Å². The largest absolute Gasteiger partial charge is 0.387 e. The Morgan fingerprint density at radius 2 is 2.23 bits per heavy atom. The van der Waals surface area contributed by atoms with Gasteiger partial charge in [0.15, 0.2) is 0 Å². The number of hydrogen-bond donors (Lipinski definition) is 2. The van der Waals surface area contributed by atoms with Gasteiger partial charge in [-0.3, -0.25) is 0 Å². The topological polar surface area (TPSA) is 46.2 Å². The van der Waals surface area contributed by atoms with Crippen LogP contribution in [0.25, 0.3) is 0 Å². The highest BCUT2D eigenvalue weighted by Gasteiger charge is 2.12. The van der Waals surface area contributed by atoms with Crippen LogP contribution in [-0.4, -0.2) is 11.2 Å². The minimum atomic E-state index is -0.682. The Hall–Kier alpha value is -0.390. The van der Waals surface area contributed by atoms with Crippen molar-refractivity contribution in [1.29, 1.82) is 0 Å². The molecular weight excluding hydrogens is 277 g/mol. The standard InChI is InChI=1S/C10H12INO/c1-2-9(13)10(12)7-4-3-5-8(11)6-7/h2-6,9-10,13H,1,12H2. The number of benzene rings is 1. The summed E-state index contributed by atoms with van der Waals surface area (Å²) in [5.41, 5.74) is 6.72. The Morgan fingerprint density at radius 3 is 2.77 bits per heavy atom. The zero-order valence-electron chi connectivity index (χ0n) is 7.15. The third-order valence-corrected chi connectivity index (χ3v) is 2.51. The SMILES string of the molecule is C=CC(O)C(N)c1cccc(I)c1. The maximum Gasteiger partial charge on any atom is 0.0910 e. The predicted molar refractivity (Wildman–Crippen MR) is 62.3 cm³/mol. The zero-order valence-corrected chi connectivity index (χ0v) is 9.31. The van der Waals surface area contributed by atoms with Gasteiger partial charge in [0.2, 0.25) is 0 Å². The Balaban J connectivity index is 2.88. The van der Waals surface area contributed by atoms with Crippen LogP contribution in [0.3, 0.4) is 0 Å². The molecule has 13 heavy (non-hydrogen) atoms. The molecule has 1 aromatic rings. The lowest BCUT2D eigenvalue weighted by molar-refractivity contribution is 0.192. The van der Waals surface area contributed by atoms with Crippen LogP contribution in [0.4, 0.5) is 0 Å². The summed E-state index contributed by atoms with van der Waals surface area (Å²) < 4.78 is 1.11. The van der Waals surface area contributed by atoms with Crippen molar-refractivity contribution < 1.29 is 5.11 Å². The van der Waals surface area contributed by atoms with E-state index >= 15 is 0 Å². The summed E-state index contributed by atoms with van der Waals surface area (Å²) in [5.74, 6) is 0. The molecule has 0 aliphatic carbocycles. The second-order valence-electron chi connectivity index (χ2n) is 2.81. The van der Waals surface area contributed by atoms with Gasteiger partial charge in [-0.15, -0.1) is 6.58 Å². The average molecular weight is 289 g/mol. The van der Waals surface area contributed by atoms with Gasteiger partial charge in [-0.25, -0.2) is 0 Å². The van der Waals surface area contributed by atoms with Crippen molar-refractivity contribution >= 4 is 22.6 Å². The predicted octanol–water partition coefficient (Wildman–Crippen LogP) is 1.84. The summed E-state index contributed by atoms with van der Waals surface area (Å²) in [4.78, 5) is 0. The normalized spacial score (nSPS) is 15.0. The third-order valence-electron chi connectivity index (χ3n) is 1.84. The highest BCUT2D eigenvalue weighted by atomic mass is 127. The van der Waals surface area contributed by atoms with E-state index in [1.54, 1.807) is 0 Å². The maximum absolute atomic E-state index is 9.43. The highest BCUT2D eigenvalue weighted by molar-refractivity contribution is 14.1. The van der Waals surface area contributed by atoms with Crippen LogP contribution >= 0.6 is 22.6 Å². The Kier molecular flexibility index (Phi) is 3.90. The van der Waals surface area contributed by atoms with Gasteiger partial charge in [-0.1, -0.05) is 18.2 Å². The fourth-order valence-electron chi connectivity index (χ4n) is 1.06. The molecule has 0 aliphatic rings. The monoisotopic (exact) mass is 289 g/mol. The van der Waals surface area contributed by atoms with Crippen molar-refractivity contribution in [1.82, 2.24) is 0 Å². The van der Waals surface area contributed by atoms with Gasteiger partial charge in [-0.05, 0) is 40.3 Å². The summed E-state index contributed by atoms with van der Waals surface area (Å²) in [6.45, 7) is 3.50. The molecule has 3 N–H and O–H groups in total. The molecule has 2 atom stereocenters. The number of aliphatic hydroxyl groups excluding tert-OH is 1. The lowest BCUT2D eigenvalue weighted by Crippen LogP contribution is -2.24. The van der Waals surface area contributed by atoms with E-state index in [9.17, 15) is 5.11 Å². The molecule has 0 fully saturated rings. The number of rotatable bonds is 3. The molecule has 0 aliphatic heterocycles. The molecule has 0 amide bonds. The van der Waals surface area contributed by atoms with Crippen LogP contribution in [-0.2, 0) is 0 Å². The molecular formula is C10H12INO. The van der Waals surface area contributed by atoms with Crippen molar-refractivity contribution in [3.63, 3.8) is 0 Å². The van der Waals surface area contributed by atoms with Crippen molar-refractivity contribution in [3.8, 4) is 0 Å². The Morgan fingerprint density at radius 1 is 1.54 bits per heavy atom. The van der Waals surface area contributed by atoms with Crippen LogP contribution in [0, 0.1) is 3.57 Å². The second kappa shape index (κ2) is 4.74. The van der Waals surface area contributed by atoms with Crippen molar-refractivity contribution in [2.75, 3.05) is 0 Å². The van der Waals surface area contributed by atoms with E-state index in [0.717, 1.165) is 9.13 Å². The van der Waals surface area contributed by atoms with Gasteiger partial charge in [0.1, 0.15) is 0 Å². The molecule has 3 heteroatoms. The smallest absolute Gasteiger partial charge is 0.0910 e. The molecule has 0 spiro atoms. The summed E-state index contributed by atoms with van der Waals surface area (Å²) in [6, 6.07) is 7.38. The van der Waals surface area contributed by atoms with Gasteiger partial charge in [0, 0.05) is 3.57 Å². The molecule has 0 saturated heterocycles. The number of hydrogen-bond acceptors (Lipinski definition) is 2. The lowest BCUT2D eigenvalue weighted by Gasteiger charge is -2.15. The molecule has 2 nitrogen and oxygen atoms in total. The summed E-state index contributed by atoms with van der Waals surface area (Å²) >= 11 is 2.21. The van der Waals surface area contributed by atoms with Gasteiger partial charge < -0.3 is 10.8 Å². The van der Waals surface area contributed by atoms with E-state index in [1.807, 2.05) is 24.3 Å². The van der Waals surface area contributed by atoms with E-state index in [2.05, 4.69) is 29.2 Å². The van der Waals surface area contributed by atoms with E-state index in [1.165, 1.54) is 6.08 Å². The molecule has 0 radical (unpaired) electrons. The van der Waals surface area contributed by atoms with E-state index in [0.29, 0.717) is 0 Å². The first kappa shape index (κ1) is 10.7. The minimum Gasteiger partial charge on any atom is -0.387 e. The van der Waals surface area contributed by atoms with Gasteiger partial charge in [0.25, 0.3) is 0 Å². The van der Waals surface area contributed by atoms with Gasteiger partial charge >= 0.3 is 0 Å². The maximum atomic E-state index is 9.43. The first-order valence-corrected chi connectivity index (χ1v) is 5.04. The van der Waals surface area contributed by atoms with Crippen LogP contribution in [0.5, 0.6) is 0 Å². The minimum absolute atomic E-state index is 0.382. The van der Waals surface area contributed by atoms with E-state index in [4.69, 9.17) is 5.73 Å². The van der Waals surface area contributed by atoms with Crippen LogP contribution in [0.15, 0.2) is 36.9 Å². The summed E-state index contributed by atoms with van der Waals surface area (Å²) in [6.07, 6.45) is 0.767. The van der Waals surface area contributed by atoms with Crippen LogP contribution in [0.2, 0.25) is 0 Å². The molecule has 2 unspecified atom stereocenters. The van der Waals surface area contributed by atoms with Crippen LogP contribution < -0.4 is 5.73 Å². The molecule has 1 rings (SSSR count). The Labute approximate surface area is 91.6 Å². The fourth-order valence-corrected chi connectivity index (χ4v) is 1.62. The van der Waals surface area contributed by atoms with Gasteiger partial charge in [-0.2, -0.15) is 0 Å². The van der Waals surface area contributed by atoms with E-state index < -0.39 is 6.10 Å². The quantitative estimate of drug-likeness (QED) is 0.659. The van der Waals surface area contributed by atoms with Gasteiger partial charge in [0.05, 0.1) is 12.1 Å². The zero-order chi connectivity index (χ0) is 9.84. The molecule has 70 valence electrons. The number of nitrogens with two attached hydrogens (primary N) is 1. The number of halogens is 1. The molecule has 1 aromatic carbocycles. The molecule has 0 aromatic heterocycles. The van der Waals surface area contributed by atoms with E-state index in [-0.39, 0.29) is 6.04 Å². The van der Waals surface area contributed by atoms with Crippen molar-refractivity contribution in [2.45, 2.75) is 12.1 Å². The average Bonchev–Trinajstić information content (AvgIpc) is 2.15. The summed E-state index contributed by atoms with van der Waals surface area (Å²) in [7, 11) is 0. The fraction of sp³-hybridized carbons (Fsp3) is 0.200. The Bertz CT molecular complexity index is 301. The van der Waals surface area contributed by atoms with Crippen LogP contribution in [0.1, 0.15) is 11.6 Å². The van der Waals surface area contributed by atoms with Crippen molar-refractivity contribution in [3.05, 3.63) is 46.1 Å². The molecule has 0 bridgehead atoms. The second-order valence-corrected chi connectivity index (χ2v) is 4.05. The first-order chi connectivity index (χ1) is 6.15. The lowest BCUT2D eigenvalue weighted by atomic mass is 10.0.